The largest absolute Gasteiger partial charge is 0.462 e. The van der Waals surface area contributed by atoms with Gasteiger partial charge in [-0.05, 0) is 18.7 Å². The Morgan fingerprint density at radius 2 is 2.00 bits per heavy atom. The van der Waals surface area contributed by atoms with Gasteiger partial charge in [-0.3, -0.25) is 10.1 Å². The van der Waals surface area contributed by atoms with Gasteiger partial charge in [0.15, 0.2) is 0 Å². The van der Waals surface area contributed by atoms with E-state index < -0.39 is 47.4 Å². The molecule has 23 heavy (non-hydrogen) atoms. The molecule has 1 saturated heterocycles. The Labute approximate surface area is 131 Å². The maximum Gasteiger partial charge on any atom is 0.276 e. The third kappa shape index (κ3) is 3.05. The van der Waals surface area contributed by atoms with Gasteiger partial charge in [-0.1, -0.05) is 18.2 Å². The number of nitrogens with zero attached hydrogens (tertiary/aromatic N) is 1. The summed E-state index contributed by atoms with van der Waals surface area (Å²) in [6.07, 6.45) is -6.89. The predicted octanol–water partition coefficient (Wildman–Crippen LogP) is -0.974. The summed E-state index contributed by atoms with van der Waals surface area (Å²) in [6, 6.07) is 8.18. The quantitative estimate of drug-likeness (QED) is 0.399. The fourth-order valence-electron chi connectivity index (χ4n) is 2.36. The Hall–Kier alpha value is -2.04. The SMILES string of the molecule is C=C([N+](=O)[O-])[C@]1(O)[C@H](O)[C@@H](O)[C@@H](Oc2ccccc2)O[C@@H]1CO. The molecule has 126 valence electrons. The molecule has 0 radical (unpaired) electrons. The molecule has 0 aliphatic carbocycles. The number of aliphatic hydroxyl groups excluding tert-OH is 3. The van der Waals surface area contributed by atoms with Crippen LogP contribution in [0.4, 0.5) is 0 Å². The summed E-state index contributed by atoms with van der Waals surface area (Å²) < 4.78 is 10.6. The maximum atomic E-state index is 10.9. The van der Waals surface area contributed by atoms with Gasteiger partial charge >= 0.3 is 0 Å². The normalized spacial score (nSPS) is 33.9. The first kappa shape index (κ1) is 17.3. The van der Waals surface area contributed by atoms with E-state index in [4.69, 9.17) is 9.47 Å². The number of hydrogen-bond acceptors (Lipinski definition) is 8. The van der Waals surface area contributed by atoms with Crippen LogP contribution in [0.3, 0.4) is 0 Å². The van der Waals surface area contributed by atoms with Crippen LogP contribution in [0.15, 0.2) is 42.6 Å². The van der Waals surface area contributed by atoms with Gasteiger partial charge < -0.3 is 29.9 Å². The average Bonchev–Trinajstić information content (AvgIpc) is 2.55. The third-order valence-corrected chi connectivity index (χ3v) is 3.69. The molecule has 0 spiro atoms. The number of nitro groups is 1. The number of benzene rings is 1. The standard InChI is InChI=1S/C14H17NO8/c1-8(15(20)21)14(19)10(7-16)23-13(11(17)12(14)18)22-9-5-3-2-4-6-9/h2-6,10-13,16-19H,1,7H2/t10-,11-,12-,13+,14-/m1/s1. The summed E-state index contributed by atoms with van der Waals surface area (Å²) in [5.41, 5.74) is -3.66. The molecule has 0 amide bonds. The second-order valence-corrected chi connectivity index (χ2v) is 5.07. The number of ether oxygens (including phenoxy) is 2. The first-order valence-electron chi connectivity index (χ1n) is 6.72. The van der Waals surface area contributed by atoms with Gasteiger partial charge in [-0.2, -0.15) is 0 Å². The minimum atomic E-state index is -2.66. The topological polar surface area (TPSA) is 143 Å². The minimum absolute atomic E-state index is 0.305. The Balaban J connectivity index is 2.27. The molecule has 1 heterocycles. The fraction of sp³-hybridized carbons (Fsp3) is 0.429. The smallest absolute Gasteiger partial charge is 0.276 e. The highest BCUT2D eigenvalue weighted by Crippen LogP contribution is 2.35. The van der Waals surface area contributed by atoms with Crippen molar-refractivity contribution in [2.45, 2.75) is 30.2 Å². The van der Waals surface area contributed by atoms with Crippen LogP contribution in [0.2, 0.25) is 0 Å². The van der Waals surface area contributed by atoms with Crippen molar-refractivity contribution in [3.8, 4) is 5.75 Å². The van der Waals surface area contributed by atoms with Crippen LogP contribution in [0, 0.1) is 10.1 Å². The van der Waals surface area contributed by atoms with E-state index in [1.165, 1.54) is 0 Å². The van der Waals surface area contributed by atoms with Crippen molar-refractivity contribution in [3.05, 3.63) is 52.7 Å². The molecular formula is C14H17NO8. The van der Waals surface area contributed by atoms with Crippen LogP contribution in [0.25, 0.3) is 0 Å². The minimum Gasteiger partial charge on any atom is -0.462 e. The van der Waals surface area contributed by atoms with E-state index in [2.05, 4.69) is 6.58 Å². The van der Waals surface area contributed by atoms with Crippen LogP contribution in [-0.2, 0) is 4.74 Å². The van der Waals surface area contributed by atoms with Gasteiger partial charge in [0.1, 0.15) is 24.1 Å². The van der Waals surface area contributed by atoms with E-state index >= 15 is 0 Å². The molecule has 1 aliphatic rings. The predicted molar refractivity (Wildman–Crippen MR) is 75.9 cm³/mol. The van der Waals surface area contributed by atoms with Gasteiger partial charge in [0, 0.05) is 0 Å². The fourth-order valence-corrected chi connectivity index (χ4v) is 2.36. The van der Waals surface area contributed by atoms with Crippen molar-refractivity contribution in [1.29, 1.82) is 0 Å². The second kappa shape index (κ2) is 6.60. The lowest BCUT2D eigenvalue weighted by Gasteiger charge is -2.45. The Morgan fingerprint density at radius 1 is 1.39 bits per heavy atom. The highest BCUT2D eigenvalue weighted by Gasteiger charge is 2.61. The molecule has 5 atom stereocenters. The van der Waals surface area contributed by atoms with E-state index in [0.29, 0.717) is 5.75 Å². The van der Waals surface area contributed by atoms with E-state index in [1.807, 2.05) is 0 Å². The number of para-hydroxylation sites is 1. The van der Waals surface area contributed by atoms with Crippen LogP contribution in [0.5, 0.6) is 5.75 Å². The zero-order valence-corrected chi connectivity index (χ0v) is 12.0. The molecule has 1 fully saturated rings. The van der Waals surface area contributed by atoms with Crippen molar-refractivity contribution in [1.82, 2.24) is 0 Å². The Bertz CT molecular complexity index is 575. The molecule has 1 aliphatic heterocycles. The third-order valence-electron chi connectivity index (χ3n) is 3.69. The monoisotopic (exact) mass is 327 g/mol. The van der Waals surface area contributed by atoms with Gasteiger partial charge in [-0.25, -0.2) is 0 Å². The van der Waals surface area contributed by atoms with Crippen molar-refractivity contribution in [3.63, 3.8) is 0 Å². The Morgan fingerprint density at radius 3 is 2.52 bits per heavy atom. The van der Waals surface area contributed by atoms with Gasteiger partial charge in [-0.15, -0.1) is 0 Å². The van der Waals surface area contributed by atoms with E-state index in [9.17, 15) is 30.5 Å². The molecule has 0 bridgehead atoms. The molecule has 1 aromatic carbocycles. The van der Waals surface area contributed by atoms with Crippen molar-refractivity contribution < 1.29 is 34.8 Å². The molecular weight excluding hydrogens is 310 g/mol. The van der Waals surface area contributed by atoms with Crippen LogP contribution in [-0.4, -0.2) is 62.2 Å². The molecule has 0 aromatic heterocycles. The summed E-state index contributed by atoms with van der Waals surface area (Å²) in [5, 5.41) is 50.8. The molecule has 9 heteroatoms. The average molecular weight is 327 g/mol. The number of hydrogen-bond donors (Lipinski definition) is 4. The summed E-state index contributed by atoms with van der Waals surface area (Å²) in [6.45, 7) is 2.23. The van der Waals surface area contributed by atoms with Crippen molar-refractivity contribution in [2.75, 3.05) is 6.61 Å². The molecule has 0 saturated carbocycles. The first-order valence-corrected chi connectivity index (χ1v) is 6.72. The highest BCUT2D eigenvalue weighted by atomic mass is 16.7. The maximum absolute atomic E-state index is 10.9. The first-order chi connectivity index (χ1) is 10.8. The van der Waals surface area contributed by atoms with Gasteiger partial charge in [0.2, 0.25) is 11.9 Å². The lowest BCUT2D eigenvalue weighted by atomic mass is 9.82. The molecule has 2 rings (SSSR count). The van der Waals surface area contributed by atoms with E-state index in [-0.39, 0.29) is 0 Å². The van der Waals surface area contributed by atoms with Crippen LogP contribution >= 0.6 is 0 Å². The molecule has 0 unspecified atom stereocenters. The van der Waals surface area contributed by atoms with Gasteiger partial charge in [0.05, 0.1) is 11.5 Å². The van der Waals surface area contributed by atoms with Crippen LogP contribution in [0.1, 0.15) is 0 Å². The zero-order valence-electron chi connectivity index (χ0n) is 12.0. The molecule has 4 N–H and O–H groups in total. The summed E-state index contributed by atoms with van der Waals surface area (Å²) in [4.78, 5) is 9.86. The number of aliphatic hydroxyl groups is 4. The van der Waals surface area contributed by atoms with Gasteiger partial charge in [0.25, 0.3) is 5.70 Å². The molecule has 9 nitrogen and oxygen atoms in total. The van der Waals surface area contributed by atoms with Crippen LogP contribution < -0.4 is 4.74 Å². The van der Waals surface area contributed by atoms with E-state index in [1.54, 1.807) is 30.3 Å². The summed E-state index contributed by atoms with van der Waals surface area (Å²) in [7, 11) is 0. The highest BCUT2D eigenvalue weighted by molar-refractivity contribution is 5.22. The van der Waals surface area contributed by atoms with Crippen molar-refractivity contribution >= 4 is 0 Å². The molecule has 1 aromatic rings. The zero-order chi connectivity index (χ0) is 17.2. The number of rotatable bonds is 5. The second-order valence-electron chi connectivity index (χ2n) is 5.07. The Kier molecular flexibility index (Phi) is 4.97. The van der Waals surface area contributed by atoms with E-state index in [0.717, 1.165) is 0 Å². The summed E-state index contributed by atoms with van der Waals surface area (Å²) in [5.74, 6) is 0.305. The lowest BCUT2D eigenvalue weighted by Crippen LogP contribution is -2.69. The van der Waals surface area contributed by atoms with Crippen molar-refractivity contribution in [2.24, 2.45) is 0 Å². The lowest BCUT2D eigenvalue weighted by molar-refractivity contribution is -0.461. The summed E-state index contributed by atoms with van der Waals surface area (Å²) >= 11 is 0.